The number of hydrogen-bond donors (Lipinski definition) is 0. The fraction of sp³-hybridized carbons (Fsp3) is 0.480. The minimum absolute atomic E-state index is 0.0659. The predicted octanol–water partition coefficient (Wildman–Crippen LogP) is 6.89. The Morgan fingerprint density at radius 2 is 1.76 bits per heavy atom. The van der Waals surface area contributed by atoms with Crippen molar-refractivity contribution in [2.24, 2.45) is 5.92 Å². The number of likely N-dealkylation sites (tertiary alicyclic amines) is 1. The highest BCUT2D eigenvalue weighted by molar-refractivity contribution is 7.99. The van der Waals surface area contributed by atoms with Crippen LogP contribution in [0.15, 0.2) is 59.5 Å². The van der Waals surface area contributed by atoms with Gasteiger partial charge in [0.05, 0.1) is 5.56 Å². The molecule has 0 aliphatic carbocycles. The first-order valence-electron chi connectivity index (χ1n) is 11.0. The SMILES string of the molecule is CC(C)(C)OC(=O)N1CCC([C@H](CCSc2ccccc2)Oc2ccc(C(F)(F)F)cc2)C1. The van der Waals surface area contributed by atoms with Crippen molar-refractivity contribution in [1.29, 1.82) is 0 Å². The third-order valence-corrected chi connectivity index (χ3v) is 6.33. The first-order valence-corrected chi connectivity index (χ1v) is 12.0. The van der Waals surface area contributed by atoms with E-state index in [2.05, 4.69) is 0 Å². The molecular weight excluding hydrogens is 451 g/mol. The van der Waals surface area contributed by atoms with Crippen LogP contribution >= 0.6 is 11.8 Å². The number of ether oxygens (including phenoxy) is 2. The summed E-state index contributed by atoms with van der Waals surface area (Å²) in [6.07, 6.45) is -3.51. The monoisotopic (exact) mass is 481 g/mol. The van der Waals surface area contributed by atoms with Crippen LogP contribution in [0.4, 0.5) is 18.0 Å². The Kier molecular flexibility index (Phi) is 8.21. The molecular formula is C25H30F3NO3S. The molecule has 0 radical (unpaired) electrons. The molecule has 2 aromatic rings. The number of rotatable bonds is 7. The topological polar surface area (TPSA) is 38.8 Å². The van der Waals surface area contributed by atoms with Crippen LogP contribution in [0.2, 0.25) is 0 Å². The summed E-state index contributed by atoms with van der Waals surface area (Å²) in [5.74, 6) is 1.25. The average molecular weight is 482 g/mol. The van der Waals surface area contributed by atoms with E-state index < -0.39 is 17.3 Å². The van der Waals surface area contributed by atoms with Gasteiger partial charge in [-0.1, -0.05) is 18.2 Å². The number of halogens is 3. The second kappa shape index (κ2) is 10.7. The van der Waals surface area contributed by atoms with E-state index in [1.54, 1.807) is 16.7 Å². The van der Waals surface area contributed by atoms with Crippen molar-refractivity contribution in [3.8, 4) is 5.75 Å². The van der Waals surface area contributed by atoms with E-state index in [0.29, 0.717) is 25.3 Å². The molecule has 1 saturated heterocycles. The number of amides is 1. The van der Waals surface area contributed by atoms with Crippen LogP contribution in [0, 0.1) is 5.92 Å². The van der Waals surface area contributed by atoms with Gasteiger partial charge in [-0.05, 0) is 70.0 Å². The Bertz CT molecular complexity index is 898. The van der Waals surface area contributed by atoms with Crippen molar-refractivity contribution in [3.05, 3.63) is 60.2 Å². The molecule has 4 nitrogen and oxygen atoms in total. The lowest BCUT2D eigenvalue weighted by Gasteiger charge is -2.27. The molecule has 1 aliphatic heterocycles. The standard InChI is InChI=1S/C25H30F3NO3S/c1-24(2,3)32-23(30)29-15-13-18(17-29)22(14-16-33-21-7-5-4-6-8-21)31-20-11-9-19(10-12-20)25(26,27)28/h4-12,18,22H,13-17H2,1-3H3/t18?,22-/m0/s1. The number of hydrogen-bond acceptors (Lipinski definition) is 4. The van der Waals surface area contributed by atoms with Gasteiger partial charge in [0.2, 0.25) is 0 Å². The van der Waals surface area contributed by atoms with Gasteiger partial charge in [-0.3, -0.25) is 0 Å². The molecule has 1 fully saturated rings. The number of carbonyl (C=O) groups excluding carboxylic acids is 1. The van der Waals surface area contributed by atoms with Gasteiger partial charge in [-0.15, -0.1) is 11.8 Å². The highest BCUT2D eigenvalue weighted by atomic mass is 32.2. The van der Waals surface area contributed by atoms with E-state index in [1.807, 2.05) is 51.1 Å². The van der Waals surface area contributed by atoms with Gasteiger partial charge in [-0.2, -0.15) is 13.2 Å². The van der Waals surface area contributed by atoms with Crippen molar-refractivity contribution >= 4 is 17.9 Å². The lowest BCUT2D eigenvalue weighted by molar-refractivity contribution is -0.137. The number of alkyl halides is 3. The summed E-state index contributed by atoms with van der Waals surface area (Å²) >= 11 is 1.70. The van der Waals surface area contributed by atoms with E-state index in [1.165, 1.54) is 12.1 Å². The number of carbonyl (C=O) groups is 1. The minimum atomic E-state index is -4.39. The zero-order valence-corrected chi connectivity index (χ0v) is 19.9. The summed E-state index contributed by atoms with van der Waals surface area (Å²) in [5.41, 5.74) is -1.28. The lowest BCUT2D eigenvalue weighted by atomic mass is 9.99. The van der Waals surface area contributed by atoms with Gasteiger partial charge in [0.1, 0.15) is 17.5 Å². The molecule has 8 heteroatoms. The van der Waals surface area contributed by atoms with Crippen LogP contribution in [-0.2, 0) is 10.9 Å². The number of benzene rings is 2. The lowest BCUT2D eigenvalue weighted by Crippen LogP contribution is -2.37. The van der Waals surface area contributed by atoms with E-state index in [4.69, 9.17) is 9.47 Å². The maximum Gasteiger partial charge on any atom is 0.416 e. The van der Waals surface area contributed by atoms with E-state index in [0.717, 1.165) is 29.2 Å². The maximum absolute atomic E-state index is 12.9. The first kappa shape index (κ1) is 25.3. The molecule has 180 valence electrons. The van der Waals surface area contributed by atoms with Crippen LogP contribution in [0.25, 0.3) is 0 Å². The summed E-state index contributed by atoms with van der Waals surface area (Å²) < 4.78 is 50.4. The highest BCUT2D eigenvalue weighted by Gasteiger charge is 2.35. The Balaban J connectivity index is 1.66. The van der Waals surface area contributed by atoms with Crippen molar-refractivity contribution in [1.82, 2.24) is 4.90 Å². The third kappa shape index (κ3) is 7.88. The van der Waals surface area contributed by atoms with E-state index in [9.17, 15) is 18.0 Å². The Morgan fingerprint density at radius 1 is 1.09 bits per heavy atom. The number of thioether (sulfide) groups is 1. The third-order valence-electron chi connectivity index (χ3n) is 5.29. The molecule has 3 rings (SSSR count). The van der Waals surface area contributed by atoms with Crippen molar-refractivity contribution in [2.45, 2.75) is 56.4 Å². The van der Waals surface area contributed by atoms with Gasteiger partial charge < -0.3 is 14.4 Å². The average Bonchev–Trinajstić information content (AvgIpc) is 3.23. The van der Waals surface area contributed by atoms with Crippen LogP contribution in [0.5, 0.6) is 5.75 Å². The second-order valence-electron chi connectivity index (χ2n) is 9.10. The van der Waals surface area contributed by atoms with Crippen molar-refractivity contribution < 1.29 is 27.4 Å². The fourth-order valence-corrected chi connectivity index (χ4v) is 4.62. The van der Waals surface area contributed by atoms with E-state index in [-0.39, 0.29) is 18.1 Å². The molecule has 1 unspecified atom stereocenters. The van der Waals surface area contributed by atoms with Gasteiger partial charge in [0, 0.05) is 29.7 Å². The quantitative estimate of drug-likeness (QED) is 0.404. The normalized spacial score (nSPS) is 17.6. The molecule has 33 heavy (non-hydrogen) atoms. The highest BCUT2D eigenvalue weighted by Crippen LogP contribution is 2.32. The molecule has 2 aromatic carbocycles. The van der Waals surface area contributed by atoms with Crippen LogP contribution in [0.3, 0.4) is 0 Å². The molecule has 1 aliphatic rings. The summed E-state index contributed by atoms with van der Waals surface area (Å²) in [7, 11) is 0. The van der Waals surface area contributed by atoms with E-state index >= 15 is 0 Å². The fourth-order valence-electron chi connectivity index (χ4n) is 3.68. The molecule has 0 N–H and O–H groups in total. The predicted molar refractivity (Wildman–Crippen MR) is 124 cm³/mol. The summed E-state index contributed by atoms with van der Waals surface area (Å²) in [5, 5.41) is 0. The first-order chi connectivity index (χ1) is 15.5. The van der Waals surface area contributed by atoms with Crippen molar-refractivity contribution in [3.63, 3.8) is 0 Å². The molecule has 0 aromatic heterocycles. The smallest absolute Gasteiger partial charge is 0.416 e. The second-order valence-corrected chi connectivity index (χ2v) is 10.3. The number of nitrogens with zero attached hydrogens (tertiary/aromatic N) is 1. The van der Waals surface area contributed by atoms with Gasteiger partial charge in [0.25, 0.3) is 0 Å². The minimum Gasteiger partial charge on any atom is -0.490 e. The molecule has 1 heterocycles. The summed E-state index contributed by atoms with van der Waals surface area (Å²) in [6.45, 7) is 6.55. The Morgan fingerprint density at radius 3 is 2.36 bits per heavy atom. The Labute approximate surface area is 197 Å². The van der Waals surface area contributed by atoms with Gasteiger partial charge >= 0.3 is 12.3 Å². The zero-order chi connectivity index (χ0) is 24.1. The summed E-state index contributed by atoms with van der Waals surface area (Å²) in [4.78, 5) is 15.3. The van der Waals surface area contributed by atoms with Crippen LogP contribution in [0.1, 0.15) is 39.2 Å². The van der Waals surface area contributed by atoms with Gasteiger partial charge in [-0.25, -0.2) is 4.79 Å². The summed E-state index contributed by atoms with van der Waals surface area (Å²) in [6, 6.07) is 14.8. The largest absolute Gasteiger partial charge is 0.490 e. The molecule has 0 bridgehead atoms. The molecule has 2 atom stereocenters. The molecule has 0 spiro atoms. The van der Waals surface area contributed by atoms with Gasteiger partial charge in [0.15, 0.2) is 0 Å². The van der Waals surface area contributed by atoms with Crippen molar-refractivity contribution in [2.75, 3.05) is 18.8 Å². The van der Waals surface area contributed by atoms with Crippen LogP contribution in [-0.4, -0.2) is 41.5 Å². The molecule has 0 saturated carbocycles. The molecule has 1 amide bonds. The van der Waals surface area contributed by atoms with Crippen LogP contribution < -0.4 is 4.74 Å². The zero-order valence-electron chi connectivity index (χ0n) is 19.1. The maximum atomic E-state index is 12.9. The Hall–Kier alpha value is -2.35.